The number of rotatable bonds is 1. The molecule has 22 heavy (non-hydrogen) atoms. The summed E-state index contributed by atoms with van der Waals surface area (Å²) in [6.45, 7) is 4.39. The van der Waals surface area contributed by atoms with E-state index in [0.29, 0.717) is 5.46 Å². The standard InChI is InChI=1S/C19H17BO2/c1-19(2)17-10-13-6-4-3-5-12(13)9-16(17)15-8-7-14(20(21)22)11-18(15)19/h3-11,21-22H,1-2H3. The molecule has 4 rings (SSSR count). The van der Waals surface area contributed by atoms with Crippen LogP contribution >= 0.6 is 0 Å². The van der Waals surface area contributed by atoms with Crippen molar-refractivity contribution in [3.05, 3.63) is 65.7 Å². The third kappa shape index (κ3) is 1.76. The van der Waals surface area contributed by atoms with E-state index < -0.39 is 7.12 Å². The monoisotopic (exact) mass is 288 g/mol. The summed E-state index contributed by atoms with van der Waals surface area (Å²) < 4.78 is 0. The van der Waals surface area contributed by atoms with Crippen molar-refractivity contribution in [1.29, 1.82) is 0 Å². The summed E-state index contributed by atoms with van der Waals surface area (Å²) in [4.78, 5) is 0. The molecule has 0 aromatic heterocycles. The second-order valence-corrected chi connectivity index (χ2v) is 6.55. The zero-order valence-electron chi connectivity index (χ0n) is 12.7. The van der Waals surface area contributed by atoms with E-state index in [1.807, 2.05) is 12.1 Å². The number of hydrogen-bond donors (Lipinski definition) is 2. The van der Waals surface area contributed by atoms with E-state index in [-0.39, 0.29) is 5.41 Å². The molecule has 108 valence electrons. The van der Waals surface area contributed by atoms with Gasteiger partial charge in [-0.05, 0) is 50.6 Å². The van der Waals surface area contributed by atoms with Gasteiger partial charge in [0.25, 0.3) is 0 Å². The molecule has 0 unspecified atom stereocenters. The highest BCUT2D eigenvalue weighted by atomic mass is 16.4. The second-order valence-electron chi connectivity index (χ2n) is 6.55. The fraction of sp³-hybridized carbons (Fsp3) is 0.158. The van der Waals surface area contributed by atoms with E-state index in [4.69, 9.17) is 0 Å². The molecule has 3 heteroatoms. The van der Waals surface area contributed by atoms with Gasteiger partial charge in [0.15, 0.2) is 0 Å². The van der Waals surface area contributed by atoms with Crippen LogP contribution < -0.4 is 5.46 Å². The minimum absolute atomic E-state index is 0.139. The predicted octanol–water partition coefficient (Wildman–Crippen LogP) is 2.83. The van der Waals surface area contributed by atoms with E-state index in [1.165, 1.54) is 27.5 Å². The molecule has 0 spiro atoms. The van der Waals surface area contributed by atoms with Crippen molar-refractivity contribution in [2.24, 2.45) is 0 Å². The Hall–Kier alpha value is -2.10. The largest absolute Gasteiger partial charge is 0.488 e. The van der Waals surface area contributed by atoms with E-state index in [2.05, 4.69) is 50.2 Å². The molecule has 0 bridgehead atoms. The average Bonchev–Trinajstić information content (AvgIpc) is 2.73. The van der Waals surface area contributed by atoms with Crippen molar-refractivity contribution < 1.29 is 10.0 Å². The van der Waals surface area contributed by atoms with Crippen molar-refractivity contribution >= 4 is 23.4 Å². The minimum atomic E-state index is -1.43. The summed E-state index contributed by atoms with van der Waals surface area (Å²) in [5.41, 5.74) is 5.30. The van der Waals surface area contributed by atoms with Gasteiger partial charge >= 0.3 is 7.12 Å². The lowest BCUT2D eigenvalue weighted by molar-refractivity contribution is 0.425. The first-order valence-electron chi connectivity index (χ1n) is 7.53. The second kappa shape index (κ2) is 4.45. The van der Waals surface area contributed by atoms with Crippen LogP contribution in [0.3, 0.4) is 0 Å². The third-order valence-electron chi connectivity index (χ3n) is 4.86. The molecule has 0 saturated heterocycles. The summed E-state index contributed by atoms with van der Waals surface area (Å²) in [7, 11) is -1.43. The van der Waals surface area contributed by atoms with Crippen molar-refractivity contribution in [2.75, 3.05) is 0 Å². The van der Waals surface area contributed by atoms with Gasteiger partial charge in [-0.15, -0.1) is 0 Å². The van der Waals surface area contributed by atoms with E-state index in [0.717, 1.165) is 5.56 Å². The van der Waals surface area contributed by atoms with Crippen LogP contribution in [-0.2, 0) is 5.41 Å². The van der Waals surface area contributed by atoms with Gasteiger partial charge in [-0.3, -0.25) is 0 Å². The zero-order chi connectivity index (χ0) is 15.5. The number of fused-ring (bicyclic) bond motifs is 4. The summed E-state index contributed by atoms with van der Waals surface area (Å²) in [5.74, 6) is 0. The molecule has 0 heterocycles. The highest BCUT2D eigenvalue weighted by molar-refractivity contribution is 6.58. The fourth-order valence-electron chi connectivity index (χ4n) is 3.60. The maximum absolute atomic E-state index is 9.45. The van der Waals surface area contributed by atoms with Gasteiger partial charge < -0.3 is 10.0 Å². The Labute approximate surface area is 130 Å². The minimum Gasteiger partial charge on any atom is -0.423 e. The summed E-state index contributed by atoms with van der Waals surface area (Å²) in [6, 6.07) is 18.6. The van der Waals surface area contributed by atoms with Crippen LogP contribution in [-0.4, -0.2) is 17.2 Å². The van der Waals surface area contributed by atoms with Gasteiger partial charge in [-0.25, -0.2) is 0 Å². The molecule has 3 aromatic rings. The van der Waals surface area contributed by atoms with Crippen LogP contribution in [0, 0.1) is 0 Å². The van der Waals surface area contributed by atoms with Crippen LogP contribution in [0.4, 0.5) is 0 Å². The SMILES string of the molecule is CC1(C)c2cc(B(O)O)ccc2-c2cc3ccccc3cc21. The van der Waals surface area contributed by atoms with Gasteiger partial charge in [0.1, 0.15) is 0 Å². The Bertz CT molecular complexity index is 897. The van der Waals surface area contributed by atoms with Crippen LogP contribution in [0.5, 0.6) is 0 Å². The smallest absolute Gasteiger partial charge is 0.423 e. The molecular weight excluding hydrogens is 271 g/mol. The Morgan fingerprint density at radius 1 is 0.773 bits per heavy atom. The highest BCUT2D eigenvalue weighted by Crippen LogP contribution is 2.49. The summed E-state index contributed by atoms with van der Waals surface area (Å²) in [5, 5.41) is 21.4. The quantitative estimate of drug-likeness (QED) is 0.676. The van der Waals surface area contributed by atoms with Crippen molar-refractivity contribution in [1.82, 2.24) is 0 Å². The first-order chi connectivity index (χ1) is 10.5. The molecule has 2 N–H and O–H groups in total. The van der Waals surface area contributed by atoms with Crippen LogP contribution in [0.15, 0.2) is 54.6 Å². The van der Waals surface area contributed by atoms with Crippen molar-refractivity contribution in [3.8, 4) is 11.1 Å². The maximum atomic E-state index is 9.45. The maximum Gasteiger partial charge on any atom is 0.488 e. The lowest BCUT2D eigenvalue weighted by atomic mass is 9.75. The molecule has 0 atom stereocenters. The average molecular weight is 288 g/mol. The van der Waals surface area contributed by atoms with Gasteiger partial charge in [-0.1, -0.05) is 56.3 Å². The highest BCUT2D eigenvalue weighted by Gasteiger charge is 2.36. The Kier molecular flexibility index (Phi) is 2.74. The lowest BCUT2D eigenvalue weighted by Crippen LogP contribution is -2.31. The van der Waals surface area contributed by atoms with Gasteiger partial charge in [0.05, 0.1) is 0 Å². The van der Waals surface area contributed by atoms with Crippen molar-refractivity contribution in [3.63, 3.8) is 0 Å². The van der Waals surface area contributed by atoms with Crippen LogP contribution in [0.1, 0.15) is 25.0 Å². The molecule has 0 saturated carbocycles. The van der Waals surface area contributed by atoms with E-state index >= 15 is 0 Å². The fourth-order valence-corrected chi connectivity index (χ4v) is 3.60. The van der Waals surface area contributed by atoms with Gasteiger partial charge in [0, 0.05) is 5.41 Å². The van der Waals surface area contributed by atoms with Gasteiger partial charge in [0.2, 0.25) is 0 Å². The summed E-state index contributed by atoms with van der Waals surface area (Å²) >= 11 is 0. The Morgan fingerprint density at radius 2 is 1.41 bits per heavy atom. The van der Waals surface area contributed by atoms with Crippen LogP contribution in [0.2, 0.25) is 0 Å². The van der Waals surface area contributed by atoms with Crippen LogP contribution in [0.25, 0.3) is 21.9 Å². The Balaban J connectivity index is 2.03. The topological polar surface area (TPSA) is 40.5 Å². The molecule has 0 fully saturated rings. The molecule has 0 amide bonds. The molecular formula is C19H17BO2. The summed E-state index contributed by atoms with van der Waals surface area (Å²) in [6.07, 6.45) is 0. The molecule has 0 aliphatic heterocycles. The van der Waals surface area contributed by atoms with E-state index in [9.17, 15) is 10.0 Å². The first kappa shape index (κ1) is 13.6. The number of benzene rings is 3. The van der Waals surface area contributed by atoms with E-state index in [1.54, 1.807) is 6.07 Å². The molecule has 1 aliphatic rings. The number of hydrogen-bond acceptors (Lipinski definition) is 2. The first-order valence-corrected chi connectivity index (χ1v) is 7.53. The lowest BCUT2D eigenvalue weighted by Gasteiger charge is -2.22. The van der Waals surface area contributed by atoms with Gasteiger partial charge in [-0.2, -0.15) is 0 Å². The molecule has 3 aromatic carbocycles. The Morgan fingerprint density at radius 3 is 2.09 bits per heavy atom. The predicted molar refractivity (Wildman–Crippen MR) is 91.3 cm³/mol. The third-order valence-corrected chi connectivity index (χ3v) is 4.86. The molecule has 2 nitrogen and oxygen atoms in total. The molecule has 0 radical (unpaired) electrons. The zero-order valence-corrected chi connectivity index (χ0v) is 12.7. The molecule has 1 aliphatic carbocycles. The normalized spacial score (nSPS) is 14.7. The van der Waals surface area contributed by atoms with Crippen molar-refractivity contribution in [2.45, 2.75) is 19.3 Å².